The molecule has 90 valence electrons. The monoisotopic (exact) mass is 238 g/mol. The molecule has 0 spiro atoms. The average molecular weight is 238 g/mol. The van der Waals surface area contributed by atoms with Gasteiger partial charge < -0.3 is 5.32 Å². The van der Waals surface area contributed by atoms with Crippen LogP contribution in [0.2, 0.25) is 0 Å². The van der Waals surface area contributed by atoms with Gasteiger partial charge in [0.1, 0.15) is 0 Å². The van der Waals surface area contributed by atoms with Crippen LogP contribution in [0.25, 0.3) is 0 Å². The first-order chi connectivity index (χ1) is 7.72. The highest BCUT2D eigenvalue weighted by atomic mass is 32.1. The quantitative estimate of drug-likeness (QED) is 0.852. The Hall–Kier alpha value is -0.410. The van der Waals surface area contributed by atoms with Crippen molar-refractivity contribution >= 4 is 11.3 Å². The van der Waals surface area contributed by atoms with E-state index in [0.717, 1.165) is 19.0 Å². The molecule has 1 aromatic rings. The van der Waals surface area contributed by atoms with Crippen LogP contribution in [0.1, 0.15) is 44.5 Å². The van der Waals surface area contributed by atoms with Crippen LogP contribution in [0.5, 0.6) is 0 Å². The van der Waals surface area contributed by atoms with E-state index >= 15 is 0 Å². The molecule has 0 saturated heterocycles. The van der Waals surface area contributed by atoms with Crippen molar-refractivity contribution in [1.82, 2.24) is 10.3 Å². The van der Waals surface area contributed by atoms with E-state index in [1.807, 2.05) is 6.20 Å². The van der Waals surface area contributed by atoms with E-state index in [4.69, 9.17) is 0 Å². The third kappa shape index (κ3) is 3.05. The van der Waals surface area contributed by atoms with Gasteiger partial charge in [-0.1, -0.05) is 13.8 Å². The van der Waals surface area contributed by atoms with Crippen LogP contribution in [-0.4, -0.2) is 17.6 Å². The van der Waals surface area contributed by atoms with Gasteiger partial charge in [0.25, 0.3) is 0 Å². The second-order valence-corrected chi connectivity index (χ2v) is 6.29. The van der Waals surface area contributed by atoms with E-state index < -0.39 is 0 Å². The minimum Gasteiger partial charge on any atom is -0.314 e. The van der Waals surface area contributed by atoms with E-state index in [1.165, 1.54) is 30.7 Å². The van der Waals surface area contributed by atoms with Gasteiger partial charge in [-0.2, -0.15) is 0 Å². The summed E-state index contributed by atoms with van der Waals surface area (Å²) < 4.78 is 0. The van der Waals surface area contributed by atoms with Gasteiger partial charge >= 0.3 is 0 Å². The summed E-state index contributed by atoms with van der Waals surface area (Å²) in [6, 6.07) is 0.741. The number of hydrogen-bond acceptors (Lipinski definition) is 3. The zero-order chi connectivity index (χ0) is 11.4. The lowest BCUT2D eigenvalue weighted by molar-refractivity contribution is 0.321. The van der Waals surface area contributed by atoms with Crippen LogP contribution < -0.4 is 5.32 Å². The van der Waals surface area contributed by atoms with Gasteiger partial charge in [0.05, 0.1) is 5.01 Å². The number of nitrogens with zero attached hydrogens (tertiary/aromatic N) is 1. The molecule has 2 atom stereocenters. The molecular formula is C13H22N2S. The maximum absolute atomic E-state index is 4.41. The number of hydrogen-bond donors (Lipinski definition) is 1. The molecule has 0 aromatic carbocycles. The van der Waals surface area contributed by atoms with Crippen LogP contribution in [0.15, 0.2) is 11.6 Å². The maximum Gasteiger partial charge on any atom is 0.0930 e. The van der Waals surface area contributed by atoms with Gasteiger partial charge in [0, 0.05) is 24.0 Å². The lowest BCUT2D eigenvalue weighted by Gasteiger charge is -2.23. The Kier molecular flexibility index (Phi) is 3.98. The zero-order valence-corrected chi connectivity index (χ0v) is 11.1. The van der Waals surface area contributed by atoms with Crippen molar-refractivity contribution in [3.8, 4) is 0 Å². The fourth-order valence-electron chi connectivity index (χ4n) is 2.71. The highest BCUT2D eigenvalue weighted by Crippen LogP contribution is 2.40. The molecule has 1 heterocycles. The molecule has 3 heteroatoms. The lowest BCUT2D eigenvalue weighted by atomic mass is 9.85. The normalized spacial score (nSPS) is 29.8. The third-order valence-electron chi connectivity index (χ3n) is 3.58. The third-order valence-corrected chi connectivity index (χ3v) is 4.36. The largest absolute Gasteiger partial charge is 0.314 e. The predicted molar refractivity (Wildman–Crippen MR) is 69.9 cm³/mol. The summed E-state index contributed by atoms with van der Waals surface area (Å²) in [7, 11) is 0. The van der Waals surface area contributed by atoms with Crippen LogP contribution in [0.4, 0.5) is 0 Å². The first kappa shape index (κ1) is 12.1. The number of nitrogens with one attached hydrogen (secondary N) is 1. The maximum atomic E-state index is 4.41. The summed E-state index contributed by atoms with van der Waals surface area (Å²) in [5, 5.41) is 7.04. The first-order valence-corrected chi connectivity index (χ1v) is 7.21. The summed E-state index contributed by atoms with van der Waals surface area (Å²) in [5.74, 6) is 0. The van der Waals surface area contributed by atoms with Crippen LogP contribution in [0, 0.1) is 5.41 Å². The molecule has 0 radical (unpaired) electrons. The molecule has 1 aliphatic rings. The molecule has 2 nitrogen and oxygen atoms in total. The molecular weight excluding hydrogens is 216 g/mol. The molecule has 16 heavy (non-hydrogen) atoms. The van der Waals surface area contributed by atoms with Crippen LogP contribution in [-0.2, 0) is 6.42 Å². The Morgan fingerprint density at radius 1 is 1.62 bits per heavy atom. The highest BCUT2D eigenvalue weighted by molar-refractivity contribution is 7.09. The Labute approximate surface area is 102 Å². The van der Waals surface area contributed by atoms with Crippen molar-refractivity contribution in [1.29, 1.82) is 0 Å². The molecule has 0 bridgehead atoms. The number of thiazole rings is 1. The van der Waals surface area contributed by atoms with Gasteiger partial charge in [0.2, 0.25) is 0 Å². The second kappa shape index (κ2) is 5.28. The fraction of sp³-hybridized carbons (Fsp3) is 0.769. The van der Waals surface area contributed by atoms with E-state index in [2.05, 4.69) is 29.5 Å². The SMILES string of the molecule is CCCNC1CCC(C)(Cc2nccs2)C1. The van der Waals surface area contributed by atoms with Gasteiger partial charge in [-0.05, 0) is 37.6 Å². The first-order valence-electron chi connectivity index (χ1n) is 6.34. The molecule has 0 aliphatic heterocycles. The molecule has 1 N–H and O–H groups in total. The van der Waals surface area contributed by atoms with Crippen molar-refractivity contribution in [2.45, 2.75) is 52.0 Å². The summed E-state index contributed by atoms with van der Waals surface area (Å²) in [6.07, 6.45) is 8.31. The summed E-state index contributed by atoms with van der Waals surface area (Å²) >= 11 is 1.80. The van der Waals surface area contributed by atoms with Crippen LogP contribution in [0.3, 0.4) is 0 Å². The van der Waals surface area contributed by atoms with Gasteiger partial charge in [-0.25, -0.2) is 4.98 Å². The molecule has 1 aromatic heterocycles. The Morgan fingerprint density at radius 2 is 2.50 bits per heavy atom. The Bertz CT molecular complexity index is 310. The van der Waals surface area contributed by atoms with Gasteiger partial charge in [-0.15, -0.1) is 11.3 Å². The second-order valence-electron chi connectivity index (χ2n) is 5.31. The smallest absolute Gasteiger partial charge is 0.0930 e. The molecule has 0 amide bonds. The summed E-state index contributed by atoms with van der Waals surface area (Å²) in [5.41, 5.74) is 0.475. The van der Waals surface area contributed by atoms with E-state index in [-0.39, 0.29) is 0 Å². The molecule has 2 unspecified atom stereocenters. The lowest BCUT2D eigenvalue weighted by Crippen LogP contribution is -2.28. The van der Waals surface area contributed by atoms with Crippen LogP contribution >= 0.6 is 11.3 Å². The topological polar surface area (TPSA) is 24.9 Å². The predicted octanol–water partition coefficient (Wildman–Crippen LogP) is 3.24. The van der Waals surface area contributed by atoms with Crippen molar-refractivity contribution in [2.24, 2.45) is 5.41 Å². The molecule has 2 rings (SSSR count). The van der Waals surface area contributed by atoms with Crippen molar-refractivity contribution < 1.29 is 0 Å². The standard InChI is InChI=1S/C13H22N2S/c1-3-6-14-11-4-5-13(2,9-11)10-12-15-7-8-16-12/h7-8,11,14H,3-6,9-10H2,1-2H3. The van der Waals surface area contributed by atoms with Crippen molar-refractivity contribution in [2.75, 3.05) is 6.54 Å². The molecule has 1 fully saturated rings. The van der Waals surface area contributed by atoms with E-state index in [1.54, 1.807) is 11.3 Å². The summed E-state index contributed by atoms with van der Waals surface area (Å²) in [6.45, 7) is 5.82. The minimum atomic E-state index is 0.475. The Balaban J connectivity index is 1.85. The highest BCUT2D eigenvalue weighted by Gasteiger charge is 2.35. The molecule has 1 aliphatic carbocycles. The minimum absolute atomic E-state index is 0.475. The number of aromatic nitrogens is 1. The zero-order valence-electron chi connectivity index (χ0n) is 10.3. The summed E-state index contributed by atoms with van der Waals surface area (Å²) in [4.78, 5) is 4.41. The van der Waals surface area contributed by atoms with Crippen molar-refractivity contribution in [3.05, 3.63) is 16.6 Å². The van der Waals surface area contributed by atoms with Gasteiger partial charge in [-0.3, -0.25) is 0 Å². The average Bonchev–Trinajstić information content (AvgIpc) is 2.86. The molecule has 1 saturated carbocycles. The Morgan fingerprint density at radius 3 is 3.19 bits per heavy atom. The number of rotatable bonds is 5. The van der Waals surface area contributed by atoms with Crippen molar-refractivity contribution in [3.63, 3.8) is 0 Å². The fourth-order valence-corrected chi connectivity index (χ4v) is 3.54. The van der Waals surface area contributed by atoms with E-state index in [0.29, 0.717) is 5.41 Å². The van der Waals surface area contributed by atoms with E-state index in [9.17, 15) is 0 Å². The van der Waals surface area contributed by atoms with Gasteiger partial charge in [0.15, 0.2) is 0 Å².